The summed E-state index contributed by atoms with van der Waals surface area (Å²) in [7, 11) is 3.31. The van der Waals surface area contributed by atoms with Gasteiger partial charge in [-0.2, -0.15) is 0 Å². The van der Waals surface area contributed by atoms with Crippen molar-refractivity contribution in [1.82, 2.24) is 9.97 Å². The van der Waals surface area contributed by atoms with E-state index in [4.69, 9.17) is 24.2 Å². The predicted octanol–water partition coefficient (Wildman–Crippen LogP) is 5.33. The Kier molecular flexibility index (Phi) is 6.60. The molecule has 2 aromatic heterocycles. The van der Waals surface area contributed by atoms with Crippen LogP contribution in [0.2, 0.25) is 0 Å². The number of thioether (sulfide) groups is 1. The summed E-state index contributed by atoms with van der Waals surface area (Å²) in [6, 6.07) is 6.05. The van der Waals surface area contributed by atoms with Crippen LogP contribution in [0, 0.1) is 0 Å². The zero-order valence-corrected chi connectivity index (χ0v) is 20.3. The maximum Gasteiger partial charge on any atom is 0.190 e. The molecule has 1 aliphatic heterocycles. The molecule has 0 saturated carbocycles. The van der Waals surface area contributed by atoms with Crippen molar-refractivity contribution in [2.75, 3.05) is 31.8 Å². The number of methoxy groups -OCH3 is 2. The fourth-order valence-electron chi connectivity index (χ4n) is 3.81. The van der Waals surface area contributed by atoms with Crippen molar-refractivity contribution < 1.29 is 14.2 Å². The van der Waals surface area contributed by atoms with Crippen LogP contribution >= 0.6 is 23.1 Å². The molecule has 3 heterocycles. The van der Waals surface area contributed by atoms with Gasteiger partial charge in [0.1, 0.15) is 10.6 Å². The normalized spacial score (nSPS) is 15.0. The van der Waals surface area contributed by atoms with Crippen molar-refractivity contribution in [3.8, 4) is 11.5 Å². The van der Waals surface area contributed by atoms with Crippen LogP contribution in [0.25, 0.3) is 10.2 Å². The highest BCUT2D eigenvalue weighted by Gasteiger charge is 2.31. The minimum Gasteiger partial charge on any atom is -0.493 e. The number of rotatable bonds is 8. The van der Waals surface area contributed by atoms with Gasteiger partial charge in [0.25, 0.3) is 0 Å². The van der Waals surface area contributed by atoms with Gasteiger partial charge in [0.2, 0.25) is 0 Å². The topological polar surface area (TPSA) is 65.5 Å². The Bertz CT molecular complexity index is 1080. The summed E-state index contributed by atoms with van der Waals surface area (Å²) in [6.07, 6.45) is 1.72. The van der Waals surface area contributed by atoms with Gasteiger partial charge in [-0.15, -0.1) is 11.3 Å². The Morgan fingerprint density at radius 1 is 1.19 bits per heavy atom. The number of nitrogens with zero attached hydrogens (tertiary/aromatic N) is 2. The second kappa shape index (κ2) is 9.22. The Balaban J connectivity index is 1.61. The third-order valence-corrected chi connectivity index (χ3v) is 7.17. The number of nitrogens with one attached hydrogen (secondary N) is 1. The van der Waals surface area contributed by atoms with Gasteiger partial charge in [-0.3, -0.25) is 0 Å². The van der Waals surface area contributed by atoms with E-state index >= 15 is 0 Å². The van der Waals surface area contributed by atoms with Crippen molar-refractivity contribution in [3.05, 3.63) is 34.2 Å². The van der Waals surface area contributed by atoms with E-state index in [0.29, 0.717) is 6.61 Å². The number of hydrogen-bond acceptors (Lipinski definition) is 8. The van der Waals surface area contributed by atoms with Gasteiger partial charge in [0, 0.05) is 17.8 Å². The molecule has 0 amide bonds. The minimum atomic E-state index is -0.172. The predicted molar refractivity (Wildman–Crippen MR) is 128 cm³/mol. The molecule has 0 saturated heterocycles. The fraction of sp³-hybridized carbons (Fsp3) is 0.478. The van der Waals surface area contributed by atoms with E-state index in [1.807, 2.05) is 12.1 Å². The molecule has 8 heteroatoms. The van der Waals surface area contributed by atoms with Gasteiger partial charge in [0.15, 0.2) is 16.7 Å². The lowest BCUT2D eigenvalue weighted by Gasteiger charge is -2.30. The van der Waals surface area contributed by atoms with Gasteiger partial charge in [-0.25, -0.2) is 9.97 Å². The van der Waals surface area contributed by atoms with Crippen LogP contribution in [0.1, 0.15) is 36.8 Å². The molecule has 31 heavy (non-hydrogen) atoms. The second-order valence-electron chi connectivity index (χ2n) is 8.06. The molecule has 1 aliphatic rings. The highest BCUT2D eigenvalue weighted by atomic mass is 32.2. The molecule has 0 fully saturated rings. The van der Waals surface area contributed by atoms with E-state index in [0.717, 1.165) is 57.8 Å². The number of fused-ring (bicyclic) bond motifs is 3. The van der Waals surface area contributed by atoms with E-state index in [-0.39, 0.29) is 5.60 Å². The van der Waals surface area contributed by atoms with Crippen molar-refractivity contribution in [2.45, 2.75) is 51.0 Å². The Hall–Kier alpha value is -2.03. The van der Waals surface area contributed by atoms with Crippen LogP contribution in [-0.2, 0) is 24.2 Å². The van der Waals surface area contributed by atoms with Gasteiger partial charge < -0.3 is 19.5 Å². The number of hydrogen-bond donors (Lipinski definition) is 1. The summed E-state index contributed by atoms with van der Waals surface area (Å²) >= 11 is 3.41. The smallest absolute Gasteiger partial charge is 0.190 e. The summed E-state index contributed by atoms with van der Waals surface area (Å²) < 4.78 is 16.8. The first kappa shape index (κ1) is 22.2. The molecule has 3 aromatic rings. The van der Waals surface area contributed by atoms with Crippen LogP contribution in [-0.4, -0.2) is 42.1 Å². The largest absolute Gasteiger partial charge is 0.493 e. The Labute approximate surface area is 191 Å². The molecule has 0 bridgehead atoms. The summed E-state index contributed by atoms with van der Waals surface area (Å²) in [6.45, 7) is 7.82. The third-order valence-electron chi connectivity index (χ3n) is 5.34. The number of anilines is 1. The zero-order chi connectivity index (χ0) is 22.0. The lowest BCUT2D eigenvalue weighted by molar-refractivity contribution is -0.0379. The fourth-order valence-corrected chi connectivity index (χ4v) is 5.54. The maximum atomic E-state index is 6.03. The molecule has 0 atom stereocenters. The summed E-state index contributed by atoms with van der Waals surface area (Å²) in [4.78, 5) is 12.0. The van der Waals surface area contributed by atoms with E-state index in [9.17, 15) is 0 Å². The van der Waals surface area contributed by atoms with Gasteiger partial charge in [-0.1, -0.05) is 24.8 Å². The van der Waals surface area contributed by atoms with Crippen molar-refractivity contribution >= 4 is 39.1 Å². The summed E-state index contributed by atoms with van der Waals surface area (Å²) in [5.41, 5.74) is 2.34. The standard InChI is InChI=1S/C23H29N3O3S2/c1-6-30-22-25-20(24-10-9-14-7-8-16(27-4)17(11-14)28-5)19-15-12-23(2,3)29-13-18(15)31-21(19)26-22/h7-8,11H,6,9-10,12-13H2,1-5H3,(H,24,25,26). The molecule has 0 unspecified atom stereocenters. The van der Waals surface area contributed by atoms with E-state index in [1.54, 1.807) is 37.3 Å². The SMILES string of the molecule is CCSc1nc(NCCc2ccc(OC)c(OC)c2)c2c3c(sc2n1)COC(C)(C)C3. The van der Waals surface area contributed by atoms with Crippen LogP contribution in [0.4, 0.5) is 5.82 Å². The average molecular weight is 460 g/mol. The quantitative estimate of drug-likeness (QED) is 0.361. The molecule has 4 rings (SSSR count). The lowest BCUT2D eigenvalue weighted by Crippen LogP contribution is -2.31. The molecule has 1 aromatic carbocycles. The first-order valence-electron chi connectivity index (χ1n) is 10.5. The number of benzene rings is 1. The van der Waals surface area contributed by atoms with Crippen molar-refractivity contribution in [2.24, 2.45) is 0 Å². The molecule has 6 nitrogen and oxygen atoms in total. The van der Waals surface area contributed by atoms with Gasteiger partial charge in [-0.05, 0) is 49.3 Å². The molecule has 0 radical (unpaired) electrons. The van der Waals surface area contributed by atoms with Gasteiger partial charge >= 0.3 is 0 Å². The van der Waals surface area contributed by atoms with Crippen LogP contribution in [0.15, 0.2) is 23.4 Å². The Morgan fingerprint density at radius 3 is 2.74 bits per heavy atom. The number of aromatic nitrogens is 2. The van der Waals surface area contributed by atoms with Crippen molar-refractivity contribution in [3.63, 3.8) is 0 Å². The molecule has 1 N–H and O–H groups in total. The average Bonchev–Trinajstić information content (AvgIpc) is 3.10. The minimum absolute atomic E-state index is 0.172. The highest BCUT2D eigenvalue weighted by Crippen LogP contribution is 2.41. The van der Waals surface area contributed by atoms with Crippen LogP contribution < -0.4 is 14.8 Å². The van der Waals surface area contributed by atoms with E-state index in [2.05, 4.69) is 32.2 Å². The molecule has 166 valence electrons. The Morgan fingerprint density at radius 2 is 2.00 bits per heavy atom. The zero-order valence-electron chi connectivity index (χ0n) is 18.7. The number of ether oxygens (including phenoxy) is 3. The summed E-state index contributed by atoms with van der Waals surface area (Å²) in [5, 5.41) is 5.57. The molecule has 0 spiro atoms. The van der Waals surface area contributed by atoms with Crippen molar-refractivity contribution in [1.29, 1.82) is 0 Å². The van der Waals surface area contributed by atoms with Crippen LogP contribution in [0.3, 0.4) is 0 Å². The number of thiophene rings is 1. The van der Waals surface area contributed by atoms with E-state index in [1.165, 1.54) is 16.0 Å². The first-order chi connectivity index (χ1) is 14.9. The second-order valence-corrected chi connectivity index (χ2v) is 10.4. The molecular weight excluding hydrogens is 430 g/mol. The lowest BCUT2D eigenvalue weighted by atomic mass is 9.94. The maximum absolute atomic E-state index is 6.03. The monoisotopic (exact) mass is 459 g/mol. The summed E-state index contributed by atoms with van der Waals surface area (Å²) in [5.74, 6) is 3.36. The van der Waals surface area contributed by atoms with E-state index < -0.39 is 0 Å². The van der Waals surface area contributed by atoms with Crippen LogP contribution in [0.5, 0.6) is 11.5 Å². The third kappa shape index (κ3) is 4.76. The highest BCUT2D eigenvalue weighted by molar-refractivity contribution is 7.99. The molecule has 0 aliphatic carbocycles. The molecular formula is C23H29N3O3S2. The van der Waals surface area contributed by atoms with Gasteiger partial charge in [0.05, 0.1) is 31.8 Å². The first-order valence-corrected chi connectivity index (χ1v) is 12.3.